The second-order valence-corrected chi connectivity index (χ2v) is 7.51. The summed E-state index contributed by atoms with van der Waals surface area (Å²) in [5.74, 6) is 1.26. The molecule has 1 aromatic heterocycles. The van der Waals surface area contributed by atoms with Gasteiger partial charge in [0.25, 0.3) is 5.82 Å². The van der Waals surface area contributed by atoms with Gasteiger partial charge in [0.2, 0.25) is 0 Å². The molecule has 2 aromatic carbocycles. The van der Waals surface area contributed by atoms with Crippen LogP contribution in [0.1, 0.15) is 30.8 Å². The van der Waals surface area contributed by atoms with Crippen LogP contribution in [-0.4, -0.2) is 29.1 Å². The van der Waals surface area contributed by atoms with Crippen LogP contribution in [0.25, 0.3) is 17.2 Å². The monoisotopic (exact) mass is 463 g/mol. The Morgan fingerprint density at radius 2 is 1.50 bits per heavy atom. The zero-order valence-corrected chi connectivity index (χ0v) is 19.4. The Balaban J connectivity index is 0.00000256. The summed E-state index contributed by atoms with van der Waals surface area (Å²) in [6.07, 6.45) is 9.14. The maximum Gasteiger partial charge on any atom is 0.282 e. The van der Waals surface area contributed by atoms with Crippen molar-refractivity contribution in [3.63, 3.8) is 0 Å². The third-order valence-electron chi connectivity index (χ3n) is 5.77. The van der Waals surface area contributed by atoms with E-state index in [-0.39, 0.29) is 17.0 Å². The Morgan fingerprint density at radius 3 is 2.13 bits per heavy atom. The summed E-state index contributed by atoms with van der Waals surface area (Å²) in [5.41, 5.74) is 5.14. The summed E-state index contributed by atoms with van der Waals surface area (Å²) in [6, 6.07) is 21.4. The first kappa shape index (κ1) is 22.3. The molecule has 0 spiro atoms. The van der Waals surface area contributed by atoms with Crippen LogP contribution in [0.2, 0.25) is 0 Å². The van der Waals surface area contributed by atoms with Crippen LogP contribution in [0.5, 0.6) is 0 Å². The Morgan fingerprint density at radius 1 is 0.867 bits per heavy atom. The van der Waals surface area contributed by atoms with E-state index in [0.29, 0.717) is 0 Å². The van der Waals surface area contributed by atoms with Crippen molar-refractivity contribution < 1.29 is 21.5 Å². The van der Waals surface area contributed by atoms with Crippen LogP contribution >= 0.6 is 0 Å². The third-order valence-corrected chi connectivity index (χ3v) is 5.77. The lowest BCUT2D eigenvalue weighted by molar-refractivity contribution is -0.685. The summed E-state index contributed by atoms with van der Waals surface area (Å²) in [7, 11) is 0. The molecule has 30 heavy (non-hydrogen) atoms. The molecule has 1 aliphatic rings. The molecular formula is C26H30BrN3. The summed E-state index contributed by atoms with van der Waals surface area (Å²) in [6.45, 7) is 9.61. The van der Waals surface area contributed by atoms with Gasteiger partial charge in [0.05, 0.1) is 0 Å². The highest BCUT2D eigenvalue weighted by molar-refractivity contribution is 5.92. The molecule has 0 fully saturated rings. The van der Waals surface area contributed by atoms with Crippen molar-refractivity contribution in [2.45, 2.75) is 26.9 Å². The van der Waals surface area contributed by atoms with E-state index in [1.54, 1.807) is 0 Å². The maximum atomic E-state index is 2.48. The SMILES string of the molecule is CCN(CC)CCn1cc[n+]2c1C=C(c1ccccc1)C=C(c1ccccc1)C2.[Br-]. The van der Waals surface area contributed by atoms with Gasteiger partial charge in [-0.2, -0.15) is 0 Å². The second-order valence-electron chi connectivity index (χ2n) is 7.51. The average molecular weight is 464 g/mol. The van der Waals surface area contributed by atoms with Crippen LogP contribution < -0.4 is 21.5 Å². The molecule has 3 aromatic rings. The number of halogens is 1. The summed E-state index contributed by atoms with van der Waals surface area (Å²) >= 11 is 0. The van der Waals surface area contributed by atoms with E-state index in [4.69, 9.17) is 0 Å². The number of aromatic nitrogens is 2. The van der Waals surface area contributed by atoms with Crippen molar-refractivity contribution in [2.24, 2.45) is 0 Å². The number of benzene rings is 2. The molecule has 3 nitrogen and oxygen atoms in total. The van der Waals surface area contributed by atoms with Crippen LogP contribution in [0.15, 0.2) is 79.1 Å². The molecule has 0 bridgehead atoms. The molecule has 2 heterocycles. The number of nitrogens with zero attached hydrogens (tertiary/aromatic N) is 3. The van der Waals surface area contributed by atoms with Crippen molar-refractivity contribution in [1.82, 2.24) is 9.47 Å². The lowest BCUT2D eigenvalue weighted by Crippen LogP contribution is -3.00. The van der Waals surface area contributed by atoms with Gasteiger partial charge in [0.1, 0.15) is 25.5 Å². The highest BCUT2D eigenvalue weighted by Gasteiger charge is 2.21. The quantitative estimate of drug-likeness (QED) is 0.486. The van der Waals surface area contributed by atoms with Gasteiger partial charge in [-0.3, -0.25) is 4.90 Å². The number of likely N-dealkylation sites (N-methyl/N-ethyl adjacent to an activating group) is 1. The number of rotatable bonds is 7. The molecule has 0 N–H and O–H groups in total. The molecule has 0 radical (unpaired) electrons. The molecule has 0 aliphatic carbocycles. The van der Waals surface area contributed by atoms with E-state index in [9.17, 15) is 0 Å². The number of imidazole rings is 1. The Bertz CT molecular complexity index is 999. The van der Waals surface area contributed by atoms with Crippen LogP contribution in [0.3, 0.4) is 0 Å². The molecule has 0 amide bonds. The fraction of sp³-hybridized carbons (Fsp3) is 0.269. The molecule has 4 rings (SSSR count). The first-order chi connectivity index (χ1) is 14.3. The summed E-state index contributed by atoms with van der Waals surface area (Å²) < 4.78 is 4.76. The number of hydrogen-bond donors (Lipinski definition) is 0. The van der Waals surface area contributed by atoms with Crippen molar-refractivity contribution in [1.29, 1.82) is 0 Å². The number of fused-ring (bicyclic) bond motifs is 1. The lowest BCUT2D eigenvalue weighted by atomic mass is 9.99. The molecule has 156 valence electrons. The van der Waals surface area contributed by atoms with Gasteiger partial charge in [-0.1, -0.05) is 74.5 Å². The zero-order valence-electron chi connectivity index (χ0n) is 17.8. The topological polar surface area (TPSA) is 12.1 Å². The Hall–Kier alpha value is -2.43. The molecule has 0 saturated heterocycles. The summed E-state index contributed by atoms with van der Waals surface area (Å²) in [4.78, 5) is 2.48. The molecule has 0 unspecified atom stereocenters. The van der Waals surface area contributed by atoms with Crippen molar-refractivity contribution in [3.05, 3.63) is 96.1 Å². The number of allylic oxidation sites excluding steroid dienone is 3. The minimum atomic E-state index is 0. The fourth-order valence-electron chi connectivity index (χ4n) is 3.98. The van der Waals surface area contributed by atoms with Gasteiger partial charge in [-0.05, 0) is 35.9 Å². The minimum Gasteiger partial charge on any atom is -1.00 e. The maximum absolute atomic E-state index is 2.48. The highest BCUT2D eigenvalue weighted by Crippen LogP contribution is 2.27. The van der Waals surface area contributed by atoms with Crippen LogP contribution in [0.4, 0.5) is 0 Å². The fourth-order valence-corrected chi connectivity index (χ4v) is 3.98. The van der Waals surface area contributed by atoms with E-state index < -0.39 is 0 Å². The van der Waals surface area contributed by atoms with E-state index in [1.165, 1.54) is 28.1 Å². The second kappa shape index (κ2) is 10.6. The largest absolute Gasteiger partial charge is 1.00 e. The average Bonchev–Trinajstić information content (AvgIpc) is 3.04. The van der Waals surface area contributed by atoms with Gasteiger partial charge in [-0.25, -0.2) is 9.13 Å². The van der Waals surface area contributed by atoms with Gasteiger partial charge >= 0.3 is 0 Å². The summed E-state index contributed by atoms with van der Waals surface area (Å²) in [5, 5.41) is 0. The third kappa shape index (κ3) is 5.00. The standard InChI is InChI=1S/C26H30N3.BrH/c1-3-27(4-2)15-16-28-17-18-29-21-25(23-13-9-6-10-14-23)19-24(20-26(28)29)22-11-7-5-8-12-22;/h5-14,17-20H,3-4,15-16,21H2,1-2H3;1H/q+1;/p-1. The molecular weight excluding hydrogens is 434 g/mol. The van der Waals surface area contributed by atoms with Gasteiger partial charge < -0.3 is 17.0 Å². The molecule has 0 saturated carbocycles. The predicted octanol–water partition coefficient (Wildman–Crippen LogP) is 1.76. The minimum absolute atomic E-state index is 0. The van der Waals surface area contributed by atoms with E-state index in [2.05, 4.69) is 113 Å². The van der Waals surface area contributed by atoms with Crippen molar-refractivity contribution in [3.8, 4) is 0 Å². The highest BCUT2D eigenvalue weighted by atomic mass is 79.9. The van der Waals surface area contributed by atoms with Gasteiger partial charge in [-0.15, -0.1) is 0 Å². The first-order valence-corrected chi connectivity index (χ1v) is 10.6. The smallest absolute Gasteiger partial charge is 0.282 e. The molecule has 1 aliphatic heterocycles. The lowest BCUT2D eigenvalue weighted by Gasteiger charge is -2.16. The van der Waals surface area contributed by atoms with Gasteiger partial charge in [0, 0.05) is 18.2 Å². The van der Waals surface area contributed by atoms with E-state index >= 15 is 0 Å². The van der Waals surface area contributed by atoms with E-state index in [0.717, 1.165) is 32.7 Å². The van der Waals surface area contributed by atoms with Crippen LogP contribution in [0, 0.1) is 0 Å². The Labute approximate surface area is 190 Å². The molecule has 0 atom stereocenters. The predicted molar refractivity (Wildman–Crippen MR) is 121 cm³/mol. The Kier molecular flexibility index (Phi) is 7.83. The van der Waals surface area contributed by atoms with Crippen molar-refractivity contribution in [2.75, 3.05) is 19.6 Å². The molecule has 4 heteroatoms. The number of hydrogen-bond acceptors (Lipinski definition) is 1. The normalized spacial score (nSPS) is 13.2. The van der Waals surface area contributed by atoms with E-state index in [1.807, 2.05) is 0 Å². The van der Waals surface area contributed by atoms with Gasteiger partial charge in [0.15, 0.2) is 0 Å². The first-order valence-electron chi connectivity index (χ1n) is 10.6. The zero-order chi connectivity index (χ0) is 20.1. The van der Waals surface area contributed by atoms with Crippen molar-refractivity contribution >= 4 is 17.2 Å². The van der Waals surface area contributed by atoms with Crippen LogP contribution in [-0.2, 0) is 13.1 Å².